The summed E-state index contributed by atoms with van der Waals surface area (Å²) in [5.41, 5.74) is 0.811. The van der Waals surface area contributed by atoms with Gasteiger partial charge < -0.3 is 0 Å². The van der Waals surface area contributed by atoms with E-state index in [9.17, 15) is 4.39 Å². The Balaban J connectivity index is 2.89. The van der Waals surface area contributed by atoms with E-state index in [1.807, 2.05) is 24.9 Å². The van der Waals surface area contributed by atoms with E-state index in [-0.39, 0.29) is 5.82 Å². The highest BCUT2D eigenvalue weighted by atomic mass is 35.5. The molecule has 0 aliphatic carbocycles. The zero-order valence-corrected chi connectivity index (χ0v) is 8.92. The lowest BCUT2D eigenvalue weighted by Crippen LogP contribution is -1.95. The predicted molar refractivity (Wildman–Crippen MR) is 58.4 cm³/mol. The summed E-state index contributed by atoms with van der Waals surface area (Å²) < 4.78 is 14.5. The van der Waals surface area contributed by atoms with E-state index < -0.39 is 0 Å². The third-order valence-corrected chi connectivity index (χ3v) is 1.98. The standard InChI is InChI=1S/C11H12ClFN/c1-14(2)8-7-11(12)9-3-5-10(13)6-4-9/h3-8H,1-2H3/q+1. The molecule has 14 heavy (non-hydrogen) atoms. The predicted octanol–water partition coefficient (Wildman–Crippen LogP) is 2.75. The Labute approximate surface area is 88.1 Å². The van der Waals surface area contributed by atoms with Crippen molar-refractivity contribution < 1.29 is 8.97 Å². The first-order valence-electron chi connectivity index (χ1n) is 4.22. The van der Waals surface area contributed by atoms with Crippen LogP contribution in [-0.4, -0.2) is 24.9 Å². The fraction of sp³-hybridized carbons (Fsp3) is 0.182. The van der Waals surface area contributed by atoms with Crippen LogP contribution >= 0.6 is 11.6 Å². The summed E-state index contributed by atoms with van der Waals surface area (Å²) in [6, 6.07) is 6.08. The van der Waals surface area contributed by atoms with E-state index in [1.54, 1.807) is 18.2 Å². The molecule has 0 fully saturated rings. The molecule has 0 aliphatic heterocycles. The van der Waals surface area contributed by atoms with Crippen LogP contribution in [0, 0.1) is 5.82 Å². The highest BCUT2D eigenvalue weighted by molar-refractivity contribution is 6.49. The Kier molecular flexibility index (Phi) is 3.84. The van der Waals surface area contributed by atoms with Crippen LogP contribution in [-0.2, 0) is 0 Å². The van der Waals surface area contributed by atoms with Crippen LogP contribution < -0.4 is 0 Å². The number of rotatable bonds is 2. The minimum atomic E-state index is -0.255. The van der Waals surface area contributed by atoms with Crippen molar-refractivity contribution in [1.82, 2.24) is 0 Å². The second-order valence-electron chi connectivity index (χ2n) is 3.13. The summed E-state index contributed by atoms with van der Waals surface area (Å²) in [6.07, 6.45) is 3.61. The van der Waals surface area contributed by atoms with Crippen molar-refractivity contribution in [2.45, 2.75) is 0 Å². The zero-order valence-electron chi connectivity index (χ0n) is 8.17. The minimum absolute atomic E-state index is 0.255. The van der Waals surface area contributed by atoms with Crippen molar-refractivity contribution in [3.63, 3.8) is 0 Å². The average molecular weight is 213 g/mol. The third-order valence-electron chi connectivity index (χ3n) is 1.64. The molecule has 0 aromatic heterocycles. The Morgan fingerprint density at radius 2 is 1.86 bits per heavy atom. The van der Waals surface area contributed by atoms with Crippen LogP contribution in [0.4, 0.5) is 4.39 Å². The van der Waals surface area contributed by atoms with Gasteiger partial charge in [-0.15, -0.1) is 0 Å². The highest BCUT2D eigenvalue weighted by Crippen LogP contribution is 2.17. The molecule has 1 aromatic carbocycles. The van der Waals surface area contributed by atoms with Crippen molar-refractivity contribution in [2.75, 3.05) is 14.1 Å². The fourth-order valence-corrected chi connectivity index (χ4v) is 1.10. The van der Waals surface area contributed by atoms with E-state index in [0.717, 1.165) is 5.56 Å². The molecule has 1 aromatic rings. The van der Waals surface area contributed by atoms with Crippen molar-refractivity contribution in [2.24, 2.45) is 0 Å². The maximum atomic E-state index is 12.6. The van der Waals surface area contributed by atoms with Gasteiger partial charge in [-0.25, -0.2) is 8.97 Å². The first-order chi connectivity index (χ1) is 6.59. The van der Waals surface area contributed by atoms with Crippen LogP contribution in [0.2, 0.25) is 0 Å². The molecule has 0 atom stereocenters. The van der Waals surface area contributed by atoms with Gasteiger partial charge in [-0.05, 0) is 17.7 Å². The maximum Gasteiger partial charge on any atom is 0.164 e. The SMILES string of the molecule is C[N+](C)=CC=C(Cl)c1ccc(F)cc1. The summed E-state index contributed by atoms with van der Waals surface area (Å²) in [5, 5.41) is 0.596. The molecule has 0 radical (unpaired) electrons. The van der Waals surface area contributed by atoms with Crippen molar-refractivity contribution in [3.05, 3.63) is 41.7 Å². The quantitative estimate of drug-likeness (QED) is 0.524. The van der Waals surface area contributed by atoms with Crippen LogP contribution in [0.25, 0.3) is 5.03 Å². The zero-order chi connectivity index (χ0) is 10.6. The summed E-state index contributed by atoms with van der Waals surface area (Å²) >= 11 is 5.98. The summed E-state index contributed by atoms with van der Waals surface area (Å²) in [7, 11) is 3.82. The molecular weight excluding hydrogens is 201 g/mol. The molecule has 0 heterocycles. The Morgan fingerprint density at radius 1 is 1.29 bits per heavy atom. The molecule has 3 heteroatoms. The third kappa shape index (κ3) is 3.30. The van der Waals surface area contributed by atoms with Crippen LogP contribution in [0.15, 0.2) is 30.3 Å². The van der Waals surface area contributed by atoms with Gasteiger partial charge in [-0.3, -0.25) is 0 Å². The number of nitrogens with zero attached hydrogens (tertiary/aromatic N) is 1. The van der Waals surface area contributed by atoms with Gasteiger partial charge >= 0.3 is 0 Å². The van der Waals surface area contributed by atoms with Crippen molar-refractivity contribution in [1.29, 1.82) is 0 Å². The van der Waals surface area contributed by atoms with Crippen LogP contribution in [0.1, 0.15) is 5.56 Å². The van der Waals surface area contributed by atoms with E-state index in [4.69, 9.17) is 11.6 Å². The molecule has 0 amide bonds. The molecule has 0 N–H and O–H groups in total. The maximum absolute atomic E-state index is 12.6. The Bertz CT molecular complexity index is 361. The van der Waals surface area contributed by atoms with E-state index >= 15 is 0 Å². The lowest BCUT2D eigenvalue weighted by Gasteiger charge is -1.96. The van der Waals surface area contributed by atoms with Crippen LogP contribution in [0.3, 0.4) is 0 Å². The minimum Gasteiger partial charge on any atom is -0.241 e. The topological polar surface area (TPSA) is 3.01 Å². The molecular formula is C11H12ClFN+. The first kappa shape index (κ1) is 10.9. The number of allylic oxidation sites excluding steroid dienone is 1. The second kappa shape index (κ2) is 4.91. The van der Waals surface area contributed by atoms with Gasteiger partial charge in [0.1, 0.15) is 19.9 Å². The molecule has 0 spiro atoms. The van der Waals surface area contributed by atoms with Gasteiger partial charge in [-0.2, -0.15) is 0 Å². The van der Waals surface area contributed by atoms with E-state index in [0.29, 0.717) is 5.03 Å². The van der Waals surface area contributed by atoms with Gasteiger partial charge in [-0.1, -0.05) is 23.7 Å². The Hall–Kier alpha value is -1.15. The van der Waals surface area contributed by atoms with Gasteiger partial charge in [0.2, 0.25) is 0 Å². The first-order valence-corrected chi connectivity index (χ1v) is 4.60. The van der Waals surface area contributed by atoms with Gasteiger partial charge in [0.05, 0.1) is 5.03 Å². The average Bonchev–Trinajstić information content (AvgIpc) is 2.15. The van der Waals surface area contributed by atoms with Crippen molar-refractivity contribution in [3.8, 4) is 0 Å². The number of halogens is 2. The lowest BCUT2D eigenvalue weighted by molar-refractivity contribution is -0.458. The monoisotopic (exact) mass is 212 g/mol. The molecule has 0 saturated carbocycles. The molecule has 0 unspecified atom stereocenters. The smallest absolute Gasteiger partial charge is 0.164 e. The number of hydrogen-bond donors (Lipinski definition) is 0. The fourth-order valence-electron chi connectivity index (χ4n) is 0.920. The van der Waals surface area contributed by atoms with Gasteiger partial charge in [0.25, 0.3) is 0 Å². The lowest BCUT2D eigenvalue weighted by atomic mass is 10.2. The Morgan fingerprint density at radius 3 is 2.36 bits per heavy atom. The number of benzene rings is 1. The summed E-state index contributed by atoms with van der Waals surface area (Å²) in [6.45, 7) is 0. The highest BCUT2D eigenvalue weighted by Gasteiger charge is 1.97. The molecule has 1 rings (SSSR count). The number of hydrogen-bond acceptors (Lipinski definition) is 0. The largest absolute Gasteiger partial charge is 0.241 e. The van der Waals surface area contributed by atoms with E-state index in [2.05, 4.69) is 0 Å². The van der Waals surface area contributed by atoms with Gasteiger partial charge in [0.15, 0.2) is 6.21 Å². The molecule has 1 nitrogen and oxygen atoms in total. The molecule has 0 aliphatic rings. The van der Waals surface area contributed by atoms with Crippen LogP contribution in [0.5, 0.6) is 0 Å². The summed E-state index contributed by atoms with van der Waals surface area (Å²) in [5.74, 6) is -0.255. The molecule has 0 saturated heterocycles. The van der Waals surface area contributed by atoms with Gasteiger partial charge in [0, 0.05) is 6.08 Å². The van der Waals surface area contributed by atoms with Crippen molar-refractivity contribution >= 4 is 22.8 Å². The van der Waals surface area contributed by atoms with E-state index in [1.165, 1.54) is 12.1 Å². The second-order valence-corrected chi connectivity index (χ2v) is 3.54. The molecule has 74 valence electrons. The summed E-state index contributed by atoms with van der Waals surface area (Å²) in [4.78, 5) is 0. The normalized spacial score (nSPS) is 11.3. The molecule has 0 bridgehead atoms.